The van der Waals surface area contributed by atoms with Crippen molar-refractivity contribution >= 4 is 11.7 Å². The van der Waals surface area contributed by atoms with Gasteiger partial charge in [0.05, 0.1) is 0 Å². The number of pyridine rings is 1. The fraction of sp³-hybridized carbons (Fsp3) is 0.400. The third kappa shape index (κ3) is 1.55. The lowest BCUT2D eigenvalue weighted by Gasteiger charge is -2.32. The molecule has 2 unspecified atom stereocenters. The summed E-state index contributed by atoms with van der Waals surface area (Å²) in [5.74, 6) is 0.984. The maximum Gasteiger partial charge on any atom is 0.270 e. The summed E-state index contributed by atoms with van der Waals surface area (Å²) in [6.07, 6.45) is 1.00. The molecule has 2 heterocycles. The van der Waals surface area contributed by atoms with Crippen LogP contribution in [0.1, 0.15) is 6.92 Å². The van der Waals surface area contributed by atoms with E-state index in [0.29, 0.717) is 11.6 Å². The zero-order chi connectivity index (χ0) is 11.0. The first-order valence-corrected chi connectivity index (χ1v) is 4.76. The Morgan fingerprint density at radius 2 is 2.40 bits per heavy atom. The monoisotopic (exact) mass is 207 g/mol. The van der Waals surface area contributed by atoms with Crippen LogP contribution >= 0.6 is 0 Å². The summed E-state index contributed by atoms with van der Waals surface area (Å²) >= 11 is 0. The number of nitrogens with two attached hydrogens (primary N) is 1. The molecule has 1 aromatic heterocycles. The van der Waals surface area contributed by atoms with Crippen LogP contribution in [0.3, 0.4) is 0 Å². The second-order valence-corrected chi connectivity index (χ2v) is 3.62. The van der Waals surface area contributed by atoms with Crippen LogP contribution in [0.25, 0.3) is 0 Å². The molecule has 1 aromatic rings. The molecule has 80 valence electrons. The minimum atomic E-state index is -0.619. The topological polar surface area (TPSA) is 68.5 Å². The highest BCUT2D eigenvalue weighted by molar-refractivity contribution is 5.98. The summed E-state index contributed by atoms with van der Waals surface area (Å²) in [5.41, 5.74) is 5.68. The van der Waals surface area contributed by atoms with Crippen molar-refractivity contribution in [3.05, 3.63) is 18.3 Å². The van der Waals surface area contributed by atoms with Gasteiger partial charge in [0, 0.05) is 19.3 Å². The van der Waals surface area contributed by atoms with Gasteiger partial charge in [-0.1, -0.05) is 0 Å². The van der Waals surface area contributed by atoms with Crippen molar-refractivity contribution in [1.29, 1.82) is 0 Å². The van der Waals surface area contributed by atoms with E-state index in [2.05, 4.69) is 4.98 Å². The lowest BCUT2D eigenvalue weighted by molar-refractivity contribution is -0.126. The number of nitrogens with zero attached hydrogens (tertiary/aromatic N) is 2. The molecule has 0 spiro atoms. The van der Waals surface area contributed by atoms with Crippen molar-refractivity contribution in [1.82, 2.24) is 4.98 Å². The first-order chi connectivity index (χ1) is 7.11. The number of carbonyl (C=O) groups is 1. The third-order valence-corrected chi connectivity index (χ3v) is 2.37. The number of carbonyl (C=O) groups excluding carboxylic acids is 1. The summed E-state index contributed by atoms with van der Waals surface area (Å²) in [6, 6.07) is 3.20. The van der Waals surface area contributed by atoms with Crippen LogP contribution in [-0.4, -0.2) is 30.1 Å². The minimum Gasteiger partial charge on any atom is -0.475 e. The standard InChI is InChI=1S/C10H13N3O2/c1-6(11)8-10(14)13(2)9-7(15-8)4-3-5-12-9/h3-6,8H,11H2,1-2H3. The van der Waals surface area contributed by atoms with Gasteiger partial charge in [0.2, 0.25) is 0 Å². The molecule has 1 aliphatic heterocycles. The molecule has 0 fully saturated rings. The number of anilines is 1. The third-order valence-electron chi connectivity index (χ3n) is 2.37. The highest BCUT2D eigenvalue weighted by Crippen LogP contribution is 2.30. The fourth-order valence-electron chi connectivity index (χ4n) is 1.54. The van der Waals surface area contributed by atoms with Gasteiger partial charge in [-0.2, -0.15) is 0 Å². The molecule has 2 atom stereocenters. The predicted molar refractivity (Wildman–Crippen MR) is 55.7 cm³/mol. The van der Waals surface area contributed by atoms with E-state index in [1.807, 2.05) is 0 Å². The maximum absolute atomic E-state index is 11.8. The molecule has 0 saturated heterocycles. The quantitative estimate of drug-likeness (QED) is 0.711. The Morgan fingerprint density at radius 1 is 1.67 bits per heavy atom. The van der Waals surface area contributed by atoms with Crippen molar-refractivity contribution < 1.29 is 9.53 Å². The summed E-state index contributed by atoms with van der Waals surface area (Å²) < 4.78 is 5.50. The molecule has 15 heavy (non-hydrogen) atoms. The highest BCUT2D eigenvalue weighted by atomic mass is 16.5. The van der Waals surface area contributed by atoms with E-state index in [0.717, 1.165) is 0 Å². The number of rotatable bonds is 1. The molecule has 0 saturated carbocycles. The zero-order valence-electron chi connectivity index (χ0n) is 8.68. The number of amides is 1. The SMILES string of the molecule is CC(N)C1Oc2cccnc2N(C)C1=O. The van der Waals surface area contributed by atoms with E-state index in [4.69, 9.17) is 10.5 Å². The van der Waals surface area contributed by atoms with Crippen LogP contribution in [-0.2, 0) is 4.79 Å². The molecular weight excluding hydrogens is 194 g/mol. The normalized spacial score (nSPS) is 21.9. The smallest absolute Gasteiger partial charge is 0.270 e. The molecule has 2 N–H and O–H groups in total. The van der Waals surface area contributed by atoms with Gasteiger partial charge in [-0.25, -0.2) is 4.98 Å². The van der Waals surface area contributed by atoms with E-state index in [9.17, 15) is 4.79 Å². The average molecular weight is 207 g/mol. The summed E-state index contributed by atoms with van der Waals surface area (Å²) in [4.78, 5) is 17.4. The Kier molecular flexibility index (Phi) is 2.32. The highest BCUT2D eigenvalue weighted by Gasteiger charge is 2.35. The fourth-order valence-corrected chi connectivity index (χ4v) is 1.54. The molecule has 5 heteroatoms. The van der Waals surface area contributed by atoms with E-state index < -0.39 is 6.10 Å². The van der Waals surface area contributed by atoms with Crippen LogP contribution < -0.4 is 15.4 Å². The number of aromatic nitrogens is 1. The van der Waals surface area contributed by atoms with Gasteiger partial charge in [-0.15, -0.1) is 0 Å². The van der Waals surface area contributed by atoms with Gasteiger partial charge in [-0.3, -0.25) is 9.69 Å². The van der Waals surface area contributed by atoms with E-state index >= 15 is 0 Å². The van der Waals surface area contributed by atoms with Gasteiger partial charge >= 0.3 is 0 Å². The van der Waals surface area contributed by atoms with Crippen molar-refractivity contribution in [3.63, 3.8) is 0 Å². The Bertz CT molecular complexity index is 392. The van der Waals surface area contributed by atoms with Crippen LogP contribution in [0.2, 0.25) is 0 Å². The average Bonchev–Trinajstić information content (AvgIpc) is 2.23. The molecule has 1 aliphatic rings. The molecule has 5 nitrogen and oxygen atoms in total. The van der Waals surface area contributed by atoms with Crippen LogP contribution in [0.5, 0.6) is 5.75 Å². The Labute approximate surface area is 87.8 Å². The maximum atomic E-state index is 11.8. The Balaban J connectivity index is 2.41. The van der Waals surface area contributed by atoms with Crippen LogP contribution in [0, 0.1) is 0 Å². The Morgan fingerprint density at radius 3 is 3.07 bits per heavy atom. The predicted octanol–water partition coefficient (Wildman–Crippen LogP) is 0.153. The molecule has 0 aliphatic carbocycles. The first-order valence-electron chi connectivity index (χ1n) is 4.76. The lowest BCUT2D eigenvalue weighted by Crippen LogP contribution is -2.52. The van der Waals surface area contributed by atoms with Crippen molar-refractivity contribution in [2.24, 2.45) is 5.73 Å². The number of hydrogen-bond donors (Lipinski definition) is 1. The van der Waals surface area contributed by atoms with Gasteiger partial charge in [-0.05, 0) is 19.1 Å². The number of ether oxygens (including phenoxy) is 1. The lowest BCUT2D eigenvalue weighted by atomic mass is 10.1. The van der Waals surface area contributed by atoms with Gasteiger partial charge in [0.25, 0.3) is 5.91 Å². The van der Waals surface area contributed by atoms with Crippen molar-refractivity contribution in [2.75, 3.05) is 11.9 Å². The van der Waals surface area contributed by atoms with Crippen molar-refractivity contribution in [2.45, 2.75) is 19.1 Å². The summed E-state index contributed by atoms with van der Waals surface area (Å²) in [6.45, 7) is 1.75. The molecule has 1 amide bonds. The van der Waals surface area contributed by atoms with Crippen LogP contribution in [0.15, 0.2) is 18.3 Å². The van der Waals surface area contributed by atoms with Crippen molar-refractivity contribution in [3.8, 4) is 5.75 Å². The molecule has 0 aromatic carbocycles. The number of hydrogen-bond acceptors (Lipinski definition) is 4. The van der Waals surface area contributed by atoms with E-state index in [-0.39, 0.29) is 11.9 Å². The number of likely N-dealkylation sites (N-methyl/N-ethyl adjacent to an activating group) is 1. The summed E-state index contributed by atoms with van der Waals surface area (Å²) in [5, 5.41) is 0. The van der Waals surface area contributed by atoms with Gasteiger partial charge in [0.1, 0.15) is 0 Å². The molecular formula is C10H13N3O2. The summed E-state index contributed by atoms with van der Waals surface area (Å²) in [7, 11) is 1.67. The second kappa shape index (κ2) is 3.51. The van der Waals surface area contributed by atoms with Gasteiger partial charge in [0.15, 0.2) is 17.7 Å². The Hall–Kier alpha value is -1.62. The largest absolute Gasteiger partial charge is 0.475 e. The minimum absolute atomic E-state index is 0.156. The molecule has 0 bridgehead atoms. The van der Waals surface area contributed by atoms with Crippen LogP contribution in [0.4, 0.5) is 5.82 Å². The molecule has 0 radical (unpaired) electrons. The second-order valence-electron chi connectivity index (χ2n) is 3.62. The zero-order valence-corrected chi connectivity index (χ0v) is 8.68. The molecule has 2 rings (SSSR count). The van der Waals surface area contributed by atoms with Gasteiger partial charge < -0.3 is 10.5 Å². The van der Waals surface area contributed by atoms with E-state index in [1.54, 1.807) is 32.3 Å². The first kappa shape index (κ1) is 9.92. The van der Waals surface area contributed by atoms with E-state index in [1.165, 1.54) is 4.90 Å². The number of fused-ring (bicyclic) bond motifs is 1.